The average Bonchev–Trinajstić information content (AvgIpc) is 3.07. The van der Waals surface area contributed by atoms with E-state index in [9.17, 15) is 4.79 Å². The van der Waals surface area contributed by atoms with Gasteiger partial charge in [0.05, 0.1) is 0 Å². The van der Waals surface area contributed by atoms with Gasteiger partial charge in [-0.15, -0.1) is 5.10 Å². The Kier molecular flexibility index (Phi) is 4.44. The minimum Gasteiger partial charge on any atom is -0.481 e. The molecule has 0 aliphatic carbocycles. The van der Waals surface area contributed by atoms with Gasteiger partial charge in [0.15, 0.2) is 5.82 Å². The Balaban J connectivity index is 2.14. The highest BCUT2D eigenvalue weighted by Gasteiger charge is 2.20. The van der Waals surface area contributed by atoms with E-state index in [0.29, 0.717) is 12.4 Å². The molecule has 0 fully saturated rings. The Morgan fingerprint density at radius 3 is 2.90 bits per heavy atom. The highest BCUT2D eigenvalue weighted by atomic mass is 16.4. The largest absolute Gasteiger partial charge is 0.481 e. The van der Waals surface area contributed by atoms with Crippen LogP contribution in [0.3, 0.4) is 0 Å². The standard InChI is InChI=1S/C12H18N6O2/c1-3-10(7-11(19)20)8-18-12(14-15-16-18)9(2)17-6-4-5-13-17/h4-6,9-10H,3,7-8H2,1-2H3,(H,19,20). The first-order valence-corrected chi connectivity index (χ1v) is 6.58. The zero-order valence-electron chi connectivity index (χ0n) is 11.5. The second kappa shape index (κ2) is 6.27. The second-order valence-electron chi connectivity index (χ2n) is 4.75. The third-order valence-electron chi connectivity index (χ3n) is 3.33. The molecule has 108 valence electrons. The third-order valence-corrected chi connectivity index (χ3v) is 3.33. The second-order valence-corrected chi connectivity index (χ2v) is 4.75. The minimum atomic E-state index is -0.799. The van der Waals surface area contributed by atoms with Crippen LogP contribution in [0.1, 0.15) is 38.6 Å². The molecule has 2 atom stereocenters. The molecule has 2 rings (SSSR count). The summed E-state index contributed by atoms with van der Waals surface area (Å²) in [5.41, 5.74) is 0. The summed E-state index contributed by atoms with van der Waals surface area (Å²) in [6.07, 6.45) is 4.43. The topological polar surface area (TPSA) is 98.7 Å². The molecule has 0 aliphatic heterocycles. The molecule has 0 radical (unpaired) electrons. The van der Waals surface area contributed by atoms with Crippen LogP contribution in [0.5, 0.6) is 0 Å². The molecular formula is C12H18N6O2. The summed E-state index contributed by atoms with van der Waals surface area (Å²) in [4.78, 5) is 10.8. The van der Waals surface area contributed by atoms with E-state index in [2.05, 4.69) is 20.6 Å². The van der Waals surface area contributed by atoms with Crippen molar-refractivity contribution in [3.05, 3.63) is 24.3 Å². The van der Waals surface area contributed by atoms with Crippen LogP contribution in [-0.2, 0) is 11.3 Å². The summed E-state index contributed by atoms with van der Waals surface area (Å²) in [6.45, 7) is 4.42. The van der Waals surface area contributed by atoms with Gasteiger partial charge in [0.2, 0.25) is 0 Å². The van der Waals surface area contributed by atoms with Gasteiger partial charge in [-0.1, -0.05) is 13.3 Å². The van der Waals surface area contributed by atoms with Gasteiger partial charge < -0.3 is 5.11 Å². The summed E-state index contributed by atoms with van der Waals surface area (Å²) < 4.78 is 3.43. The predicted octanol–water partition coefficient (Wildman–Crippen LogP) is 0.980. The Morgan fingerprint density at radius 1 is 1.50 bits per heavy atom. The third kappa shape index (κ3) is 3.19. The zero-order chi connectivity index (χ0) is 14.5. The van der Waals surface area contributed by atoms with Crippen molar-refractivity contribution in [1.29, 1.82) is 0 Å². The smallest absolute Gasteiger partial charge is 0.303 e. The lowest BCUT2D eigenvalue weighted by Gasteiger charge is -2.16. The number of nitrogens with zero attached hydrogens (tertiary/aromatic N) is 6. The molecule has 0 aliphatic rings. The lowest BCUT2D eigenvalue weighted by molar-refractivity contribution is -0.138. The number of aliphatic carboxylic acids is 1. The van der Waals surface area contributed by atoms with E-state index in [1.807, 2.05) is 26.1 Å². The number of hydrogen-bond donors (Lipinski definition) is 1. The van der Waals surface area contributed by atoms with Crippen molar-refractivity contribution in [3.8, 4) is 0 Å². The van der Waals surface area contributed by atoms with Gasteiger partial charge >= 0.3 is 5.97 Å². The summed E-state index contributed by atoms with van der Waals surface area (Å²) >= 11 is 0. The SMILES string of the molecule is CCC(CC(=O)O)Cn1nnnc1C(C)n1cccn1. The van der Waals surface area contributed by atoms with Gasteiger partial charge in [0.25, 0.3) is 0 Å². The van der Waals surface area contributed by atoms with Crippen molar-refractivity contribution in [2.45, 2.75) is 39.3 Å². The van der Waals surface area contributed by atoms with Crippen LogP contribution in [0, 0.1) is 5.92 Å². The molecule has 0 aromatic carbocycles. The van der Waals surface area contributed by atoms with Gasteiger partial charge in [0, 0.05) is 25.4 Å². The normalized spacial score (nSPS) is 14.1. The maximum absolute atomic E-state index is 10.8. The van der Waals surface area contributed by atoms with E-state index in [-0.39, 0.29) is 18.4 Å². The van der Waals surface area contributed by atoms with Gasteiger partial charge in [0.1, 0.15) is 6.04 Å². The summed E-state index contributed by atoms with van der Waals surface area (Å²) in [7, 11) is 0. The van der Waals surface area contributed by atoms with Gasteiger partial charge in [-0.25, -0.2) is 4.68 Å². The quantitative estimate of drug-likeness (QED) is 0.810. The van der Waals surface area contributed by atoms with Crippen LogP contribution >= 0.6 is 0 Å². The van der Waals surface area contributed by atoms with Crippen LogP contribution in [0.15, 0.2) is 18.5 Å². The van der Waals surface area contributed by atoms with Gasteiger partial charge in [-0.2, -0.15) is 5.10 Å². The van der Waals surface area contributed by atoms with Crippen LogP contribution in [0.2, 0.25) is 0 Å². The van der Waals surface area contributed by atoms with Crippen molar-refractivity contribution in [3.63, 3.8) is 0 Å². The van der Waals surface area contributed by atoms with E-state index in [1.54, 1.807) is 15.6 Å². The molecule has 2 unspecified atom stereocenters. The summed E-state index contributed by atoms with van der Waals surface area (Å²) in [6, 6.07) is 1.74. The molecule has 0 amide bonds. The van der Waals surface area contributed by atoms with E-state index >= 15 is 0 Å². The molecule has 2 heterocycles. The highest BCUT2D eigenvalue weighted by molar-refractivity contribution is 5.66. The number of tetrazole rings is 1. The maximum Gasteiger partial charge on any atom is 0.303 e. The van der Waals surface area contributed by atoms with Crippen molar-refractivity contribution < 1.29 is 9.90 Å². The molecule has 0 bridgehead atoms. The number of rotatable bonds is 7. The fourth-order valence-electron chi connectivity index (χ4n) is 2.10. The number of carboxylic acids is 1. The predicted molar refractivity (Wildman–Crippen MR) is 69.9 cm³/mol. The molecule has 2 aromatic heterocycles. The fraction of sp³-hybridized carbons (Fsp3) is 0.583. The maximum atomic E-state index is 10.8. The van der Waals surface area contributed by atoms with Crippen molar-refractivity contribution in [2.75, 3.05) is 0 Å². The molecule has 8 nitrogen and oxygen atoms in total. The molecule has 0 saturated heterocycles. The lowest BCUT2D eigenvalue weighted by atomic mass is 10.0. The first kappa shape index (κ1) is 14.2. The molecule has 0 spiro atoms. The first-order chi connectivity index (χ1) is 9.61. The number of hydrogen-bond acceptors (Lipinski definition) is 5. The van der Waals surface area contributed by atoms with E-state index < -0.39 is 5.97 Å². The lowest BCUT2D eigenvalue weighted by Crippen LogP contribution is -2.20. The molecular weight excluding hydrogens is 260 g/mol. The number of carboxylic acid groups (broad SMARTS) is 1. The molecule has 2 aromatic rings. The Bertz CT molecular complexity index is 550. The Hall–Kier alpha value is -2.25. The van der Waals surface area contributed by atoms with E-state index in [4.69, 9.17) is 5.11 Å². The zero-order valence-corrected chi connectivity index (χ0v) is 11.5. The Morgan fingerprint density at radius 2 is 2.30 bits per heavy atom. The van der Waals surface area contributed by atoms with Crippen LogP contribution < -0.4 is 0 Å². The van der Waals surface area contributed by atoms with Crippen molar-refractivity contribution in [2.24, 2.45) is 5.92 Å². The Labute approximate surface area is 116 Å². The van der Waals surface area contributed by atoms with Crippen LogP contribution in [0.25, 0.3) is 0 Å². The molecule has 8 heteroatoms. The van der Waals surface area contributed by atoms with Crippen molar-refractivity contribution in [1.82, 2.24) is 30.0 Å². The molecule has 1 N–H and O–H groups in total. The van der Waals surface area contributed by atoms with E-state index in [1.165, 1.54) is 0 Å². The van der Waals surface area contributed by atoms with E-state index in [0.717, 1.165) is 6.42 Å². The monoisotopic (exact) mass is 278 g/mol. The van der Waals surface area contributed by atoms with Crippen LogP contribution in [-0.4, -0.2) is 41.1 Å². The number of aromatic nitrogens is 6. The first-order valence-electron chi connectivity index (χ1n) is 6.58. The highest BCUT2D eigenvalue weighted by Crippen LogP contribution is 2.17. The molecule has 0 saturated carbocycles. The minimum absolute atomic E-state index is 0.0135. The van der Waals surface area contributed by atoms with Gasteiger partial charge in [-0.05, 0) is 29.3 Å². The summed E-state index contributed by atoms with van der Waals surface area (Å²) in [5, 5.41) is 24.8. The molecule has 20 heavy (non-hydrogen) atoms. The van der Waals surface area contributed by atoms with Gasteiger partial charge in [-0.3, -0.25) is 9.48 Å². The van der Waals surface area contributed by atoms with Crippen LogP contribution in [0.4, 0.5) is 0 Å². The number of carbonyl (C=O) groups is 1. The van der Waals surface area contributed by atoms with Crippen molar-refractivity contribution >= 4 is 5.97 Å². The average molecular weight is 278 g/mol. The summed E-state index contributed by atoms with van der Waals surface area (Å²) in [5.74, 6) is -0.108. The fourth-order valence-corrected chi connectivity index (χ4v) is 2.10.